The second kappa shape index (κ2) is 5.12. The van der Waals surface area contributed by atoms with Crippen LogP contribution in [0.15, 0.2) is 11.6 Å². The summed E-state index contributed by atoms with van der Waals surface area (Å²) < 4.78 is 5.02. The van der Waals surface area contributed by atoms with Crippen LogP contribution in [0, 0.1) is 0 Å². The molecule has 0 saturated carbocycles. The molecule has 0 spiro atoms. The molecule has 4 heteroatoms. The number of hydrogen-bond acceptors (Lipinski definition) is 4. The number of esters is 1. The molecule has 0 aromatic heterocycles. The maximum Gasteiger partial charge on any atom is 0.336 e. The lowest BCUT2D eigenvalue weighted by Gasteiger charge is -2.11. The van der Waals surface area contributed by atoms with Gasteiger partial charge in [0.15, 0.2) is 6.10 Å². The van der Waals surface area contributed by atoms with Crippen LogP contribution in [0.1, 0.15) is 26.7 Å². The number of ether oxygens (including phenoxy) is 1. The van der Waals surface area contributed by atoms with E-state index in [1.165, 1.54) is 7.11 Å². The first kappa shape index (κ1) is 11.2. The fourth-order valence-electron chi connectivity index (χ4n) is 1.40. The first-order chi connectivity index (χ1) is 6.70. The Morgan fingerprint density at radius 1 is 1.57 bits per heavy atom. The quantitative estimate of drug-likeness (QED) is 0.299. The SMILES string of the molecule is CCC/C=C1/C(=O)O[C@@H](C)[C@@H]1OOC. The van der Waals surface area contributed by atoms with Crippen molar-refractivity contribution in [1.82, 2.24) is 0 Å². The van der Waals surface area contributed by atoms with Crippen LogP contribution in [0.2, 0.25) is 0 Å². The Kier molecular flexibility index (Phi) is 4.10. The highest BCUT2D eigenvalue weighted by atomic mass is 17.2. The fourth-order valence-corrected chi connectivity index (χ4v) is 1.40. The number of allylic oxidation sites excluding steroid dienone is 1. The summed E-state index contributed by atoms with van der Waals surface area (Å²) >= 11 is 0. The summed E-state index contributed by atoms with van der Waals surface area (Å²) in [5.41, 5.74) is 0.571. The van der Waals surface area contributed by atoms with Gasteiger partial charge >= 0.3 is 5.97 Å². The highest BCUT2D eigenvalue weighted by Crippen LogP contribution is 2.24. The second-order valence-electron chi connectivity index (χ2n) is 3.24. The van der Waals surface area contributed by atoms with E-state index in [1.54, 1.807) is 6.92 Å². The van der Waals surface area contributed by atoms with Crippen molar-refractivity contribution in [2.24, 2.45) is 0 Å². The van der Waals surface area contributed by atoms with Crippen molar-refractivity contribution in [2.75, 3.05) is 7.11 Å². The van der Waals surface area contributed by atoms with Crippen molar-refractivity contribution in [3.8, 4) is 0 Å². The molecule has 0 radical (unpaired) electrons. The third-order valence-electron chi connectivity index (χ3n) is 2.11. The van der Waals surface area contributed by atoms with Gasteiger partial charge in [-0.15, -0.1) is 0 Å². The lowest BCUT2D eigenvalue weighted by atomic mass is 10.1. The van der Waals surface area contributed by atoms with E-state index in [0.717, 1.165) is 12.8 Å². The molecule has 0 aromatic rings. The van der Waals surface area contributed by atoms with Crippen LogP contribution < -0.4 is 0 Å². The summed E-state index contributed by atoms with van der Waals surface area (Å²) in [6.45, 7) is 3.83. The highest BCUT2D eigenvalue weighted by Gasteiger charge is 2.38. The number of rotatable bonds is 4. The summed E-state index contributed by atoms with van der Waals surface area (Å²) in [5, 5.41) is 0. The lowest BCUT2D eigenvalue weighted by molar-refractivity contribution is -0.302. The molecule has 1 saturated heterocycles. The van der Waals surface area contributed by atoms with Gasteiger partial charge in [-0.05, 0) is 13.3 Å². The van der Waals surface area contributed by atoms with Crippen LogP contribution in [0.4, 0.5) is 0 Å². The Balaban J connectivity index is 2.72. The third kappa shape index (κ3) is 2.33. The zero-order chi connectivity index (χ0) is 10.6. The maximum atomic E-state index is 11.3. The molecule has 4 nitrogen and oxygen atoms in total. The summed E-state index contributed by atoms with van der Waals surface area (Å²) in [7, 11) is 1.42. The molecule has 1 aliphatic rings. The van der Waals surface area contributed by atoms with E-state index in [-0.39, 0.29) is 18.2 Å². The van der Waals surface area contributed by atoms with Crippen molar-refractivity contribution in [1.29, 1.82) is 0 Å². The molecule has 0 N–H and O–H groups in total. The van der Waals surface area contributed by atoms with Crippen LogP contribution in [-0.2, 0) is 19.3 Å². The Labute approximate surface area is 83.8 Å². The average molecular weight is 200 g/mol. The average Bonchev–Trinajstić information content (AvgIpc) is 2.40. The Hall–Kier alpha value is -0.870. The maximum absolute atomic E-state index is 11.3. The van der Waals surface area contributed by atoms with Crippen LogP contribution in [-0.4, -0.2) is 25.3 Å². The van der Waals surface area contributed by atoms with E-state index >= 15 is 0 Å². The van der Waals surface area contributed by atoms with Crippen molar-refractivity contribution in [2.45, 2.75) is 38.9 Å². The summed E-state index contributed by atoms with van der Waals surface area (Å²) in [6.07, 6.45) is 3.03. The van der Waals surface area contributed by atoms with Gasteiger partial charge in [-0.2, -0.15) is 0 Å². The molecule has 1 heterocycles. The molecule has 1 aliphatic heterocycles. The van der Waals surface area contributed by atoms with Gasteiger partial charge in [-0.25, -0.2) is 14.6 Å². The summed E-state index contributed by atoms with van der Waals surface area (Å²) in [6, 6.07) is 0. The topological polar surface area (TPSA) is 44.8 Å². The van der Waals surface area contributed by atoms with Gasteiger partial charge in [0, 0.05) is 0 Å². The Morgan fingerprint density at radius 3 is 2.86 bits per heavy atom. The standard InChI is InChI=1S/C10H16O4/c1-4-5-6-8-9(14-12-3)7(2)13-10(8)11/h6-7,9H,4-5H2,1-3H3/b8-6+/t7-,9-/m0/s1. The van der Waals surface area contributed by atoms with Crippen molar-refractivity contribution in [3.63, 3.8) is 0 Å². The molecule has 0 unspecified atom stereocenters. The second-order valence-corrected chi connectivity index (χ2v) is 3.24. The Bertz CT molecular complexity index is 234. The normalized spacial score (nSPS) is 29.6. The summed E-state index contributed by atoms with van der Waals surface area (Å²) in [5.74, 6) is -0.298. The largest absolute Gasteiger partial charge is 0.456 e. The van der Waals surface area contributed by atoms with E-state index in [2.05, 4.69) is 4.89 Å². The van der Waals surface area contributed by atoms with Gasteiger partial charge < -0.3 is 4.74 Å². The molecule has 1 rings (SSSR count). The first-order valence-electron chi connectivity index (χ1n) is 4.81. The molecule has 14 heavy (non-hydrogen) atoms. The minimum Gasteiger partial charge on any atom is -0.456 e. The molecular formula is C10H16O4. The van der Waals surface area contributed by atoms with Crippen molar-refractivity contribution < 1.29 is 19.3 Å². The van der Waals surface area contributed by atoms with Crippen LogP contribution in [0.25, 0.3) is 0 Å². The molecule has 0 aliphatic carbocycles. The first-order valence-corrected chi connectivity index (χ1v) is 4.81. The van der Waals surface area contributed by atoms with Crippen molar-refractivity contribution >= 4 is 5.97 Å². The van der Waals surface area contributed by atoms with Gasteiger partial charge in [0.05, 0.1) is 12.7 Å². The number of carbonyl (C=O) groups excluding carboxylic acids is 1. The number of cyclic esters (lactones) is 1. The molecule has 0 amide bonds. The van der Waals surface area contributed by atoms with Gasteiger partial charge in [-0.3, -0.25) is 0 Å². The molecule has 1 fully saturated rings. The molecule has 2 atom stereocenters. The minimum absolute atomic E-state index is 0.273. The lowest BCUT2D eigenvalue weighted by Crippen LogP contribution is -2.22. The van der Waals surface area contributed by atoms with E-state index < -0.39 is 0 Å². The monoisotopic (exact) mass is 200 g/mol. The Morgan fingerprint density at radius 2 is 2.29 bits per heavy atom. The molecule has 0 bridgehead atoms. The zero-order valence-electron chi connectivity index (χ0n) is 8.78. The van der Waals surface area contributed by atoms with E-state index in [0.29, 0.717) is 5.57 Å². The van der Waals surface area contributed by atoms with Crippen LogP contribution >= 0.6 is 0 Å². The molecule has 0 aromatic carbocycles. The van der Waals surface area contributed by atoms with E-state index in [9.17, 15) is 4.79 Å². The molecular weight excluding hydrogens is 184 g/mol. The van der Waals surface area contributed by atoms with Gasteiger partial charge in [0.25, 0.3) is 0 Å². The van der Waals surface area contributed by atoms with Crippen molar-refractivity contribution in [3.05, 3.63) is 11.6 Å². The summed E-state index contributed by atoms with van der Waals surface area (Å²) in [4.78, 5) is 20.9. The fraction of sp³-hybridized carbons (Fsp3) is 0.700. The van der Waals surface area contributed by atoms with Gasteiger partial charge in [-0.1, -0.05) is 19.4 Å². The number of unbranched alkanes of at least 4 members (excludes halogenated alkanes) is 1. The van der Waals surface area contributed by atoms with Gasteiger partial charge in [0.2, 0.25) is 0 Å². The number of hydrogen-bond donors (Lipinski definition) is 0. The van der Waals surface area contributed by atoms with E-state index in [4.69, 9.17) is 9.62 Å². The minimum atomic E-state index is -0.390. The van der Waals surface area contributed by atoms with Crippen LogP contribution in [0.5, 0.6) is 0 Å². The third-order valence-corrected chi connectivity index (χ3v) is 2.11. The predicted octanol–water partition coefficient (Wildman–Crippen LogP) is 1.60. The highest BCUT2D eigenvalue weighted by molar-refractivity contribution is 5.92. The molecule has 80 valence electrons. The predicted molar refractivity (Wildman–Crippen MR) is 50.4 cm³/mol. The smallest absolute Gasteiger partial charge is 0.336 e. The van der Waals surface area contributed by atoms with E-state index in [1.807, 2.05) is 13.0 Å². The van der Waals surface area contributed by atoms with Gasteiger partial charge in [0.1, 0.15) is 6.10 Å². The zero-order valence-corrected chi connectivity index (χ0v) is 8.78. The van der Waals surface area contributed by atoms with Crippen LogP contribution in [0.3, 0.4) is 0 Å². The number of carbonyl (C=O) groups is 1.